The lowest BCUT2D eigenvalue weighted by Crippen LogP contribution is -2.20. The van der Waals surface area contributed by atoms with Crippen LogP contribution in [0, 0.1) is 5.92 Å². The van der Waals surface area contributed by atoms with E-state index in [0.717, 1.165) is 74.1 Å². The van der Waals surface area contributed by atoms with Crippen molar-refractivity contribution in [3.8, 4) is 5.75 Å². The van der Waals surface area contributed by atoms with Gasteiger partial charge in [-0.1, -0.05) is 37.1 Å². The number of nitrogen functional groups attached to an aromatic ring is 1. The zero-order chi connectivity index (χ0) is 25.2. The van der Waals surface area contributed by atoms with E-state index in [1.807, 2.05) is 36.4 Å². The Morgan fingerprint density at radius 3 is 2.67 bits per heavy atom. The first-order chi connectivity index (χ1) is 17.6. The molecule has 4 rings (SSSR count). The largest absolute Gasteiger partial charge is 0.493 e. The first-order valence-electron chi connectivity index (χ1n) is 12.9. The van der Waals surface area contributed by atoms with E-state index in [9.17, 15) is 0 Å². The number of aliphatic imine (C=N–C) groups is 1. The summed E-state index contributed by atoms with van der Waals surface area (Å²) in [6.45, 7) is 1.23. The minimum Gasteiger partial charge on any atom is -0.493 e. The molecule has 1 aliphatic heterocycles. The van der Waals surface area contributed by atoms with Gasteiger partial charge in [0, 0.05) is 36.2 Å². The van der Waals surface area contributed by atoms with E-state index in [2.05, 4.69) is 26.0 Å². The van der Waals surface area contributed by atoms with Gasteiger partial charge < -0.3 is 21.9 Å². The normalized spacial score (nSPS) is 19.1. The maximum absolute atomic E-state index is 6.43. The second-order valence-corrected chi connectivity index (χ2v) is 9.42. The number of anilines is 1. The monoisotopic (exact) mass is 487 g/mol. The molecule has 0 fully saturated rings. The molecule has 8 heteroatoms. The molecular weight excluding hydrogens is 450 g/mol. The Morgan fingerprint density at radius 2 is 1.83 bits per heavy atom. The summed E-state index contributed by atoms with van der Waals surface area (Å²) >= 11 is 0. The second kappa shape index (κ2) is 13.0. The summed E-state index contributed by atoms with van der Waals surface area (Å²) in [5.41, 5.74) is 22.3. The molecule has 8 nitrogen and oxygen atoms in total. The molecule has 0 spiro atoms. The number of hydrogen-bond donors (Lipinski definition) is 3. The second-order valence-electron chi connectivity index (χ2n) is 9.42. The number of benzene rings is 1. The molecule has 1 aliphatic rings. The molecule has 0 aliphatic carbocycles. The molecule has 2 aromatic heterocycles. The zero-order valence-electron chi connectivity index (χ0n) is 20.9. The molecule has 0 bridgehead atoms. The summed E-state index contributed by atoms with van der Waals surface area (Å²) in [6.07, 6.45) is 11.3. The molecular formula is C28H37N7O. The third-order valence-corrected chi connectivity index (χ3v) is 6.67. The van der Waals surface area contributed by atoms with Crippen LogP contribution in [0.3, 0.4) is 0 Å². The van der Waals surface area contributed by atoms with Crippen LogP contribution in [0.15, 0.2) is 59.9 Å². The van der Waals surface area contributed by atoms with E-state index < -0.39 is 0 Å². The molecule has 2 atom stereocenters. The SMILES string of the molecule is NC(=NCCCc1ccccn1)c1ncc(CC2CCCC[C@H](N)c3ccccc3OCC2)nc1N. The van der Waals surface area contributed by atoms with Crippen molar-refractivity contribution in [1.82, 2.24) is 15.0 Å². The Kier molecular flexibility index (Phi) is 9.21. The minimum absolute atomic E-state index is 0.0121. The van der Waals surface area contributed by atoms with Gasteiger partial charge in [-0.05, 0) is 62.6 Å². The van der Waals surface area contributed by atoms with Gasteiger partial charge in [-0.2, -0.15) is 0 Å². The molecule has 0 radical (unpaired) electrons. The summed E-state index contributed by atoms with van der Waals surface area (Å²) in [5.74, 6) is 1.98. The van der Waals surface area contributed by atoms with E-state index in [1.165, 1.54) is 0 Å². The van der Waals surface area contributed by atoms with E-state index in [0.29, 0.717) is 36.4 Å². The number of hydrogen-bond acceptors (Lipinski definition) is 7. The van der Waals surface area contributed by atoms with Gasteiger partial charge in [0.05, 0.1) is 12.3 Å². The highest BCUT2D eigenvalue weighted by Gasteiger charge is 2.18. The van der Waals surface area contributed by atoms with Crippen LogP contribution in [-0.4, -0.2) is 33.9 Å². The van der Waals surface area contributed by atoms with Crippen LogP contribution in [0.5, 0.6) is 5.75 Å². The quantitative estimate of drug-likeness (QED) is 0.260. The van der Waals surface area contributed by atoms with Crippen LogP contribution in [-0.2, 0) is 12.8 Å². The predicted octanol–water partition coefficient (Wildman–Crippen LogP) is 3.99. The average molecular weight is 488 g/mol. The van der Waals surface area contributed by atoms with Gasteiger partial charge in [0.25, 0.3) is 0 Å². The van der Waals surface area contributed by atoms with Crippen LogP contribution >= 0.6 is 0 Å². The Morgan fingerprint density at radius 1 is 1.00 bits per heavy atom. The van der Waals surface area contributed by atoms with Crippen molar-refractivity contribution < 1.29 is 4.74 Å². The molecule has 6 N–H and O–H groups in total. The summed E-state index contributed by atoms with van der Waals surface area (Å²) in [4.78, 5) is 17.9. The van der Waals surface area contributed by atoms with Crippen LogP contribution in [0.1, 0.15) is 67.2 Å². The molecule has 190 valence electrons. The summed E-state index contributed by atoms with van der Waals surface area (Å²) in [6, 6.07) is 14.0. The highest BCUT2D eigenvalue weighted by molar-refractivity contribution is 5.99. The van der Waals surface area contributed by atoms with E-state index in [1.54, 1.807) is 12.4 Å². The summed E-state index contributed by atoms with van der Waals surface area (Å²) in [5, 5.41) is 0. The fraction of sp³-hybridized carbons (Fsp3) is 0.429. The Labute approximate surface area is 213 Å². The van der Waals surface area contributed by atoms with Gasteiger partial charge in [0.15, 0.2) is 5.82 Å². The van der Waals surface area contributed by atoms with Crippen LogP contribution in [0.4, 0.5) is 5.82 Å². The van der Waals surface area contributed by atoms with Gasteiger partial charge in [-0.25, -0.2) is 9.97 Å². The number of pyridine rings is 1. The molecule has 1 unspecified atom stereocenters. The number of fused-ring (bicyclic) bond motifs is 1. The number of rotatable bonds is 7. The highest BCUT2D eigenvalue weighted by Crippen LogP contribution is 2.29. The minimum atomic E-state index is 0.0121. The highest BCUT2D eigenvalue weighted by atomic mass is 16.5. The average Bonchev–Trinajstić information content (AvgIpc) is 2.92. The van der Waals surface area contributed by atoms with Crippen molar-refractivity contribution in [2.24, 2.45) is 22.4 Å². The maximum Gasteiger partial charge on any atom is 0.153 e. The Bertz CT molecular complexity index is 1140. The summed E-state index contributed by atoms with van der Waals surface area (Å²) < 4.78 is 6.13. The van der Waals surface area contributed by atoms with E-state index in [4.69, 9.17) is 21.9 Å². The number of amidine groups is 1. The Hall–Kier alpha value is -3.52. The van der Waals surface area contributed by atoms with Gasteiger partial charge in [-0.15, -0.1) is 0 Å². The van der Waals surface area contributed by atoms with Gasteiger partial charge in [0.2, 0.25) is 0 Å². The molecule has 0 saturated heterocycles. The zero-order valence-corrected chi connectivity index (χ0v) is 20.9. The number of aromatic nitrogens is 3. The lowest BCUT2D eigenvalue weighted by Gasteiger charge is -2.17. The number of nitrogens with two attached hydrogens (primary N) is 3. The van der Waals surface area contributed by atoms with Crippen molar-refractivity contribution in [3.63, 3.8) is 0 Å². The molecule has 1 aromatic carbocycles. The summed E-state index contributed by atoms with van der Waals surface area (Å²) in [7, 11) is 0. The van der Waals surface area contributed by atoms with Crippen molar-refractivity contribution >= 4 is 11.7 Å². The lowest BCUT2D eigenvalue weighted by molar-refractivity contribution is 0.268. The van der Waals surface area contributed by atoms with Crippen molar-refractivity contribution in [2.75, 3.05) is 18.9 Å². The first kappa shape index (κ1) is 25.6. The third-order valence-electron chi connectivity index (χ3n) is 6.67. The van der Waals surface area contributed by atoms with Crippen LogP contribution < -0.4 is 21.9 Å². The Balaban J connectivity index is 1.33. The van der Waals surface area contributed by atoms with Crippen molar-refractivity contribution in [1.29, 1.82) is 0 Å². The third kappa shape index (κ3) is 7.24. The van der Waals surface area contributed by atoms with Crippen LogP contribution in [0.25, 0.3) is 0 Å². The number of ether oxygens (including phenoxy) is 1. The molecule has 3 heterocycles. The maximum atomic E-state index is 6.43. The standard InChI is InChI=1S/C28H37N7O/c29-24-12-3-1-8-20(14-17-36-25-13-4-2-11-23(24)25)18-22-19-34-26(28(31)35-22)27(30)33-16-7-10-21-9-5-6-15-32-21/h2,4-6,9,11,13,15,19-20,24H,1,3,7-8,10,12,14,16-18,29H2,(H2,30,33)(H2,31,35)/t20?,24-/m0/s1. The van der Waals surface area contributed by atoms with E-state index >= 15 is 0 Å². The van der Waals surface area contributed by atoms with Gasteiger partial charge >= 0.3 is 0 Å². The van der Waals surface area contributed by atoms with Gasteiger partial charge in [0.1, 0.15) is 17.3 Å². The first-order valence-corrected chi connectivity index (χ1v) is 12.9. The van der Waals surface area contributed by atoms with Crippen LogP contribution in [0.2, 0.25) is 0 Å². The molecule has 0 amide bonds. The van der Waals surface area contributed by atoms with Gasteiger partial charge in [-0.3, -0.25) is 9.98 Å². The van der Waals surface area contributed by atoms with E-state index in [-0.39, 0.29) is 6.04 Å². The smallest absolute Gasteiger partial charge is 0.153 e. The number of nitrogens with zero attached hydrogens (tertiary/aromatic N) is 4. The molecule has 3 aromatic rings. The lowest BCUT2D eigenvalue weighted by atomic mass is 9.92. The fourth-order valence-corrected chi connectivity index (χ4v) is 4.67. The van der Waals surface area contributed by atoms with Crippen molar-refractivity contribution in [2.45, 2.75) is 57.4 Å². The fourth-order valence-electron chi connectivity index (χ4n) is 4.67. The molecule has 0 saturated carbocycles. The molecule has 36 heavy (non-hydrogen) atoms. The number of para-hydroxylation sites is 1. The van der Waals surface area contributed by atoms with Crippen molar-refractivity contribution in [3.05, 3.63) is 77.5 Å². The number of aryl methyl sites for hydroxylation is 1. The predicted molar refractivity (Wildman–Crippen MR) is 144 cm³/mol. The topological polar surface area (TPSA) is 138 Å².